The number of carbonyl (C=O) groups is 1. The third-order valence-corrected chi connectivity index (χ3v) is 3.81. The average Bonchev–Trinajstić information content (AvgIpc) is 2.39. The minimum Gasteiger partial charge on any atom is -0.481 e. The van der Waals surface area contributed by atoms with E-state index in [4.69, 9.17) is 10.8 Å². The first-order valence-corrected chi connectivity index (χ1v) is 6.74. The minimum absolute atomic E-state index is 0.00583. The number of hydrogen-bond acceptors (Lipinski definition) is 2. The van der Waals surface area contributed by atoms with Crippen molar-refractivity contribution in [2.24, 2.45) is 5.73 Å². The molecule has 0 spiro atoms. The van der Waals surface area contributed by atoms with Gasteiger partial charge >= 0.3 is 5.97 Å². The molecular formula is C15H21NO2. The van der Waals surface area contributed by atoms with Crippen LogP contribution in [0.25, 0.3) is 0 Å². The van der Waals surface area contributed by atoms with Gasteiger partial charge in [0.05, 0.1) is 6.42 Å². The van der Waals surface area contributed by atoms with Crippen molar-refractivity contribution >= 4 is 5.97 Å². The summed E-state index contributed by atoms with van der Waals surface area (Å²) in [5.41, 5.74) is 8.19. The van der Waals surface area contributed by atoms with Crippen LogP contribution in [0.2, 0.25) is 0 Å². The van der Waals surface area contributed by atoms with E-state index in [0.29, 0.717) is 5.92 Å². The van der Waals surface area contributed by atoms with Crippen LogP contribution in [-0.2, 0) is 4.79 Å². The molecule has 3 nitrogen and oxygen atoms in total. The Balaban J connectivity index is 2.11. The summed E-state index contributed by atoms with van der Waals surface area (Å²) in [5.74, 6) is -0.207. The predicted octanol–water partition coefficient (Wildman–Crippen LogP) is 3.21. The number of carboxylic acid groups (broad SMARTS) is 1. The average molecular weight is 247 g/mol. The first-order valence-electron chi connectivity index (χ1n) is 6.74. The molecule has 2 rings (SSSR count). The van der Waals surface area contributed by atoms with Gasteiger partial charge in [-0.15, -0.1) is 0 Å². The van der Waals surface area contributed by atoms with Crippen molar-refractivity contribution < 1.29 is 9.90 Å². The highest BCUT2D eigenvalue weighted by Gasteiger charge is 2.17. The van der Waals surface area contributed by atoms with Crippen LogP contribution in [0.15, 0.2) is 24.3 Å². The number of benzene rings is 1. The first-order chi connectivity index (χ1) is 8.66. The summed E-state index contributed by atoms with van der Waals surface area (Å²) in [6.07, 6.45) is 6.43. The molecule has 98 valence electrons. The van der Waals surface area contributed by atoms with Crippen LogP contribution < -0.4 is 5.73 Å². The summed E-state index contributed by atoms with van der Waals surface area (Å²) in [5, 5.41) is 8.78. The molecule has 1 unspecified atom stereocenters. The molecule has 0 radical (unpaired) electrons. The number of aliphatic carboxylic acids is 1. The van der Waals surface area contributed by atoms with Crippen LogP contribution in [0.5, 0.6) is 0 Å². The van der Waals surface area contributed by atoms with Crippen LogP contribution in [0.1, 0.15) is 61.6 Å². The zero-order valence-corrected chi connectivity index (χ0v) is 10.6. The highest BCUT2D eigenvalue weighted by Crippen LogP contribution is 2.33. The zero-order valence-electron chi connectivity index (χ0n) is 10.6. The van der Waals surface area contributed by atoms with E-state index in [1.807, 2.05) is 12.1 Å². The fourth-order valence-electron chi connectivity index (χ4n) is 2.79. The Labute approximate surface area is 108 Å². The molecule has 0 aromatic heterocycles. The lowest BCUT2D eigenvalue weighted by atomic mass is 9.83. The van der Waals surface area contributed by atoms with Crippen molar-refractivity contribution in [3.8, 4) is 0 Å². The van der Waals surface area contributed by atoms with Gasteiger partial charge in [-0.2, -0.15) is 0 Å². The van der Waals surface area contributed by atoms with Gasteiger partial charge in [0, 0.05) is 6.04 Å². The van der Waals surface area contributed by atoms with Crippen LogP contribution in [0.4, 0.5) is 0 Å². The van der Waals surface area contributed by atoms with Gasteiger partial charge in [-0.1, -0.05) is 43.5 Å². The third-order valence-electron chi connectivity index (χ3n) is 3.81. The second-order valence-corrected chi connectivity index (χ2v) is 5.21. The Kier molecular flexibility index (Phi) is 4.37. The van der Waals surface area contributed by atoms with Crippen molar-refractivity contribution in [3.63, 3.8) is 0 Å². The molecule has 0 aliphatic heterocycles. The fraction of sp³-hybridized carbons (Fsp3) is 0.533. The second kappa shape index (κ2) is 6.01. The van der Waals surface area contributed by atoms with E-state index < -0.39 is 12.0 Å². The van der Waals surface area contributed by atoms with Gasteiger partial charge in [0.2, 0.25) is 0 Å². The molecule has 0 bridgehead atoms. The summed E-state index contributed by atoms with van der Waals surface area (Å²) in [7, 11) is 0. The van der Waals surface area contributed by atoms with Gasteiger partial charge < -0.3 is 10.8 Å². The lowest BCUT2D eigenvalue weighted by molar-refractivity contribution is -0.137. The highest BCUT2D eigenvalue weighted by molar-refractivity contribution is 5.67. The summed E-state index contributed by atoms with van der Waals surface area (Å²) in [6.45, 7) is 0. The van der Waals surface area contributed by atoms with Gasteiger partial charge in [0.15, 0.2) is 0 Å². The van der Waals surface area contributed by atoms with Crippen molar-refractivity contribution in [1.29, 1.82) is 0 Å². The Morgan fingerprint density at radius 3 is 2.72 bits per heavy atom. The fourth-order valence-corrected chi connectivity index (χ4v) is 2.79. The maximum Gasteiger partial charge on any atom is 0.305 e. The number of carboxylic acids is 1. The van der Waals surface area contributed by atoms with Gasteiger partial charge in [-0.05, 0) is 29.9 Å². The Bertz CT molecular complexity index is 411. The van der Waals surface area contributed by atoms with E-state index in [0.717, 1.165) is 5.56 Å². The summed E-state index contributed by atoms with van der Waals surface area (Å²) < 4.78 is 0. The van der Waals surface area contributed by atoms with Crippen LogP contribution >= 0.6 is 0 Å². The molecule has 1 aliphatic rings. The van der Waals surface area contributed by atoms with Crippen molar-refractivity contribution in [3.05, 3.63) is 35.4 Å². The largest absolute Gasteiger partial charge is 0.481 e. The quantitative estimate of drug-likeness (QED) is 0.858. The number of rotatable bonds is 4. The van der Waals surface area contributed by atoms with E-state index in [2.05, 4.69) is 12.1 Å². The molecule has 3 N–H and O–H groups in total. The van der Waals surface area contributed by atoms with Crippen LogP contribution in [0, 0.1) is 0 Å². The van der Waals surface area contributed by atoms with E-state index in [-0.39, 0.29) is 6.42 Å². The van der Waals surface area contributed by atoms with E-state index in [1.54, 1.807) is 0 Å². The Morgan fingerprint density at radius 2 is 2.06 bits per heavy atom. The normalized spacial score (nSPS) is 18.5. The summed E-state index contributed by atoms with van der Waals surface area (Å²) in [6, 6.07) is 7.78. The van der Waals surface area contributed by atoms with Gasteiger partial charge in [-0.25, -0.2) is 0 Å². The molecule has 0 heterocycles. The molecule has 18 heavy (non-hydrogen) atoms. The molecule has 0 amide bonds. The molecule has 1 fully saturated rings. The van der Waals surface area contributed by atoms with Crippen molar-refractivity contribution in [2.75, 3.05) is 0 Å². The molecule has 0 saturated heterocycles. The second-order valence-electron chi connectivity index (χ2n) is 5.21. The Morgan fingerprint density at radius 1 is 1.33 bits per heavy atom. The maximum atomic E-state index is 10.7. The van der Waals surface area contributed by atoms with Gasteiger partial charge in [0.1, 0.15) is 0 Å². The third kappa shape index (κ3) is 3.33. The molecular weight excluding hydrogens is 226 g/mol. The van der Waals surface area contributed by atoms with Crippen LogP contribution in [-0.4, -0.2) is 11.1 Å². The standard InChI is InChI=1S/C15H21NO2/c16-14(10-15(17)18)13-8-4-7-12(9-13)11-5-2-1-3-6-11/h4,7-9,11,14H,1-3,5-6,10,16H2,(H,17,18). The van der Waals surface area contributed by atoms with E-state index in [9.17, 15) is 4.79 Å². The smallest absolute Gasteiger partial charge is 0.305 e. The zero-order chi connectivity index (χ0) is 13.0. The van der Waals surface area contributed by atoms with Crippen molar-refractivity contribution in [2.45, 2.75) is 50.5 Å². The van der Waals surface area contributed by atoms with Crippen LogP contribution in [0.3, 0.4) is 0 Å². The lowest BCUT2D eigenvalue weighted by Gasteiger charge is -2.23. The summed E-state index contributed by atoms with van der Waals surface area (Å²) >= 11 is 0. The van der Waals surface area contributed by atoms with E-state index >= 15 is 0 Å². The lowest BCUT2D eigenvalue weighted by Crippen LogP contribution is -2.15. The van der Waals surface area contributed by atoms with Crippen molar-refractivity contribution in [1.82, 2.24) is 0 Å². The minimum atomic E-state index is -0.842. The summed E-state index contributed by atoms with van der Waals surface area (Å²) in [4.78, 5) is 10.7. The SMILES string of the molecule is NC(CC(=O)O)c1cccc(C2CCCCC2)c1. The van der Waals surface area contributed by atoms with Gasteiger partial charge in [0.25, 0.3) is 0 Å². The molecule has 1 aromatic rings. The van der Waals surface area contributed by atoms with E-state index in [1.165, 1.54) is 37.7 Å². The number of nitrogens with two attached hydrogens (primary N) is 1. The molecule has 3 heteroatoms. The molecule has 1 aromatic carbocycles. The predicted molar refractivity (Wildman–Crippen MR) is 71.4 cm³/mol. The molecule has 1 saturated carbocycles. The topological polar surface area (TPSA) is 63.3 Å². The van der Waals surface area contributed by atoms with Gasteiger partial charge in [-0.3, -0.25) is 4.79 Å². The maximum absolute atomic E-state index is 10.7. The number of hydrogen-bond donors (Lipinski definition) is 2. The molecule has 1 aliphatic carbocycles. The monoisotopic (exact) mass is 247 g/mol. The Hall–Kier alpha value is -1.35. The molecule has 1 atom stereocenters. The highest BCUT2D eigenvalue weighted by atomic mass is 16.4. The first kappa shape index (κ1) is 13.1.